The van der Waals surface area contributed by atoms with E-state index in [4.69, 9.17) is 0 Å². The molecule has 1 saturated carbocycles. The summed E-state index contributed by atoms with van der Waals surface area (Å²) < 4.78 is 1.51. The van der Waals surface area contributed by atoms with E-state index in [1.54, 1.807) is 12.1 Å². The number of benzene rings is 1. The van der Waals surface area contributed by atoms with Gasteiger partial charge in [0.05, 0.1) is 11.4 Å². The number of carbonyl (C=O) groups is 1. The monoisotopic (exact) mass is 326 g/mol. The molecule has 0 atom stereocenters. The predicted octanol–water partition coefficient (Wildman–Crippen LogP) is 2.15. The second kappa shape index (κ2) is 6.34. The van der Waals surface area contributed by atoms with Gasteiger partial charge in [0.25, 0.3) is 5.56 Å². The number of piperidine rings is 1. The van der Waals surface area contributed by atoms with Crippen molar-refractivity contribution in [2.75, 3.05) is 13.1 Å². The minimum Gasteiger partial charge on any atom is -0.342 e. The van der Waals surface area contributed by atoms with Crippen LogP contribution < -0.4 is 5.56 Å². The average Bonchev–Trinajstić information content (AvgIpc) is 3.17. The van der Waals surface area contributed by atoms with Crippen LogP contribution in [0.2, 0.25) is 0 Å². The Morgan fingerprint density at radius 3 is 2.50 bits per heavy atom. The summed E-state index contributed by atoms with van der Waals surface area (Å²) in [5, 5.41) is 8.90. The second-order valence-electron chi connectivity index (χ2n) is 6.89. The van der Waals surface area contributed by atoms with Gasteiger partial charge >= 0.3 is 0 Å². The number of carbonyl (C=O) groups excluding carboxylic acids is 1. The molecule has 4 rings (SSSR count). The Morgan fingerprint density at radius 1 is 1.04 bits per heavy atom. The summed E-state index contributed by atoms with van der Waals surface area (Å²) in [6.45, 7) is 1.42. The van der Waals surface area contributed by atoms with E-state index in [2.05, 4.69) is 10.3 Å². The van der Waals surface area contributed by atoms with Crippen LogP contribution >= 0.6 is 0 Å². The van der Waals surface area contributed by atoms with Crippen molar-refractivity contribution in [2.24, 2.45) is 5.92 Å². The molecule has 24 heavy (non-hydrogen) atoms. The maximum atomic E-state index is 12.6. The van der Waals surface area contributed by atoms with Gasteiger partial charge in [0.2, 0.25) is 5.91 Å². The van der Waals surface area contributed by atoms with Crippen molar-refractivity contribution in [1.82, 2.24) is 19.9 Å². The molecule has 2 heterocycles. The van der Waals surface area contributed by atoms with Crippen LogP contribution in [0.5, 0.6) is 0 Å². The van der Waals surface area contributed by atoms with Crippen molar-refractivity contribution in [3.8, 4) is 0 Å². The standard InChI is InChI=1S/C18H22N4O2/c23-17(13-5-1-2-6-13)21-11-9-14(10-12-21)22-18(24)15-7-3-4-8-16(15)19-20-22/h3-4,7-8,13-14H,1-2,5-6,9-12H2. The van der Waals surface area contributed by atoms with Gasteiger partial charge in [-0.3, -0.25) is 9.59 Å². The summed E-state index contributed by atoms with van der Waals surface area (Å²) in [5.41, 5.74) is 0.550. The van der Waals surface area contributed by atoms with Gasteiger partial charge in [-0.05, 0) is 37.8 Å². The normalized spacial score (nSPS) is 19.9. The van der Waals surface area contributed by atoms with E-state index in [1.807, 2.05) is 17.0 Å². The highest BCUT2D eigenvalue weighted by atomic mass is 16.2. The molecule has 6 nitrogen and oxygen atoms in total. The third kappa shape index (κ3) is 2.70. The van der Waals surface area contributed by atoms with Gasteiger partial charge in [0.1, 0.15) is 5.52 Å². The van der Waals surface area contributed by atoms with Gasteiger partial charge < -0.3 is 4.90 Å². The molecule has 0 spiro atoms. The van der Waals surface area contributed by atoms with E-state index in [9.17, 15) is 9.59 Å². The molecule has 2 aliphatic rings. The van der Waals surface area contributed by atoms with Crippen molar-refractivity contribution in [2.45, 2.75) is 44.6 Å². The van der Waals surface area contributed by atoms with Crippen LogP contribution in [-0.4, -0.2) is 38.9 Å². The Kier molecular flexibility index (Phi) is 4.04. The first-order chi connectivity index (χ1) is 11.7. The molecule has 0 N–H and O–H groups in total. The number of likely N-dealkylation sites (tertiary alicyclic amines) is 1. The number of aromatic nitrogens is 3. The number of hydrogen-bond donors (Lipinski definition) is 0. The Morgan fingerprint density at radius 2 is 1.75 bits per heavy atom. The van der Waals surface area contributed by atoms with Crippen LogP contribution in [0.25, 0.3) is 10.9 Å². The molecule has 6 heteroatoms. The molecule has 1 saturated heterocycles. The number of fused-ring (bicyclic) bond motifs is 1. The van der Waals surface area contributed by atoms with Crippen LogP contribution in [0, 0.1) is 5.92 Å². The largest absolute Gasteiger partial charge is 0.342 e. The maximum absolute atomic E-state index is 12.6. The van der Waals surface area contributed by atoms with Crippen LogP contribution in [0.15, 0.2) is 29.1 Å². The van der Waals surface area contributed by atoms with E-state index < -0.39 is 0 Å². The first-order valence-electron chi connectivity index (χ1n) is 8.87. The molecule has 1 amide bonds. The Labute approximate surface area is 140 Å². The summed E-state index contributed by atoms with van der Waals surface area (Å²) in [4.78, 5) is 27.1. The van der Waals surface area contributed by atoms with E-state index in [-0.39, 0.29) is 17.5 Å². The summed E-state index contributed by atoms with van der Waals surface area (Å²) in [6.07, 6.45) is 5.96. The fraction of sp³-hybridized carbons (Fsp3) is 0.556. The molecule has 1 aromatic carbocycles. The van der Waals surface area contributed by atoms with Gasteiger partial charge in [0, 0.05) is 19.0 Å². The molecule has 0 bridgehead atoms. The first kappa shape index (κ1) is 15.3. The van der Waals surface area contributed by atoms with Crippen molar-refractivity contribution >= 4 is 16.8 Å². The van der Waals surface area contributed by atoms with Gasteiger partial charge in [-0.15, -0.1) is 5.10 Å². The van der Waals surface area contributed by atoms with Gasteiger partial charge in [-0.2, -0.15) is 0 Å². The third-order valence-electron chi connectivity index (χ3n) is 5.42. The Balaban J connectivity index is 1.49. The minimum atomic E-state index is -0.0823. The summed E-state index contributed by atoms with van der Waals surface area (Å²) in [5.74, 6) is 0.535. The molecule has 1 aliphatic carbocycles. The van der Waals surface area contributed by atoms with Crippen LogP contribution in [-0.2, 0) is 4.79 Å². The SMILES string of the molecule is O=C(C1CCCC1)N1CCC(n2nnc3ccccc3c2=O)CC1. The third-order valence-corrected chi connectivity index (χ3v) is 5.42. The average molecular weight is 326 g/mol. The molecule has 0 unspecified atom stereocenters. The Hall–Kier alpha value is -2.24. The first-order valence-corrected chi connectivity index (χ1v) is 8.87. The van der Waals surface area contributed by atoms with Crippen LogP contribution in [0.3, 0.4) is 0 Å². The van der Waals surface area contributed by atoms with Crippen molar-refractivity contribution < 1.29 is 4.79 Å². The highest BCUT2D eigenvalue weighted by Gasteiger charge is 2.31. The highest BCUT2D eigenvalue weighted by molar-refractivity contribution is 5.79. The molecule has 1 aromatic heterocycles. The summed E-state index contributed by atoms with van der Waals surface area (Å²) in [6, 6.07) is 7.33. The molecule has 126 valence electrons. The predicted molar refractivity (Wildman–Crippen MR) is 90.6 cm³/mol. The second-order valence-corrected chi connectivity index (χ2v) is 6.89. The fourth-order valence-electron chi connectivity index (χ4n) is 4.00. The minimum absolute atomic E-state index is 0.0298. The molecule has 1 aliphatic heterocycles. The van der Waals surface area contributed by atoms with Crippen molar-refractivity contribution in [1.29, 1.82) is 0 Å². The van der Waals surface area contributed by atoms with E-state index >= 15 is 0 Å². The van der Waals surface area contributed by atoms with E-state index in [0.717, 1.165) is 25.7 Å². The van der Waals surface area contributed by atoms with Crippen LogP contribution in [0.4, 0.5) is 0 Å². The lowest BCUT2D eigenvalue weighted by Gasteiger charge is -2.33. The number of amides is 1. The summed E-state index contributed by atoms with van der Waals surface area (Å²) in [7, 11) is 0. The topological polar surface area (TPSA) is 68.1 Å². The molecule has 2 aromatic rings. The smallest absolute Gasteiger partial charge is 0.277 e. The van der Waals surface area contributed by atoms with Gasteiger partial charge in [-0.25, -0.2) is 4.68 Å². The number of hydrogen-bond acceptors (Lipinski definition) is 4. The summed E-state index contributed by atoms with van der Waals surface area (Å²) >= 11 is 0. The lowest BCUT2D eigenvalue weighted by Crippen LogP contribution is -2.43. The van der Waals surface area contributed by atoms with Crippen molar-refractivity contribution in [3.05, 3.63) is 34.6 Å². The highest BCUT2D eigenvalue weighted by Crippen LogP contribution is 2.29. The van der Waals surface area contributed by atoms with Gasteiger partial charge in [0.15, 0.2) is 0 Å². The van der Waals surface area contributed by atoms with Gasteiger partial charge in [-0.1, -0.05) is 30.2 Å². The number of rotatable bonds is 2. The van der Waals surface area contributed by atoms with Crippen LogP contribution in [0.1, 0.15) is 44.6 Å². The molecular formula is C18H22N4O2. The molecule has 0 radical (unpaired) electrons. The lowest BCUT2D eigenvalue weighted by molar-refractivity contribution is -0.136. The molecular weight excluding hydrogens is 304 g/mol. The zero-order valence-corrected chi connectivity index (χ0v) is 13.7. The molecule has 2 fully saturated rings. The maximum Gasteiger partial charge on any atom is 0.277 e. The van der Waals surface area contributed by atoms with E-state index in [1.165, 1.54) is 17.5 Å². The zero-order valence-electron chi connectivity index (χ0n) is 13.7. The van der Waals surface area contributed by atoms with Crippen molar-refractivity contribution in [3.63, 3.8) is 0 Å². The zero-order chi connectivity index (χ0) is 16.5. The fourth-order valence-corrected chi connectivity index (χ4v) is 4.00. The lowest BCUT2D eigenvalue weighted by atomic mass is 10.0. The number of nitrogens with zero attached hydrogens (tertiary/aromatic N) is 4. The quantitative estimate of drug-likeness (QED) is 0.848. The Bertz CT molecular complexity index is 802. The van der Waals surface area contributed by atoms with E-state index in [0.29, 0.717) is 29.9 Å².